The maximum atomic E-state index is 10.6. The number of aliphatic carboxylic acids is 1. The highest BCUT2D eigenvalue weighted by atomic mass is 16.4. The first-order valence-corrected chi connectivity index (χ1v) is 4.13. The Kier molecular flexibility index (Phi) is 3.40. The Labute approximate surface area is 79.6 Å². The van der Waals surface area contributed by atoms with Gasteiger partial charge in [-0.3, -0.25) is 10.1 Å². The molecule has 7 heteroatoms. The number of rotatable bonds is 2. The highest BCUT2D eigenvalue weighted by Crippen LogP contribution is 2.15. The predicted molar refractivity (Wildman–Crippen MR) is 43.5 cm³/mol. The summed E-state index contributed by atoms with van der Waals surface area (Å²) in [6.45, 7) is -0.519. The molecule has 5 atom stereocenters. The molecule has 1 unspecified atom stereocenters. The Bertz CT molecular complexity index is 220. The minimum atomic E-state index is -1.59. The van der Waals surface area contributed by atoms with Crippen molar-refractivity contribution in [2.45, 2.75) is 30.4 Å². The summed E-state index contributed by atoms with van der Waals surface area (Å²) in [5.41, 5.74) is 0. The maximum absolute atomic E-state index is 10.6. The number of carboxylic acids is 1. The predicted octanol–water partition coefficient (Wildman–Crippen LogP) is -3.51. The van der Waals surface area contributed by atoms with E-state index in [9.17, 15) is 20.1 Å². The van der Waals surface area contributed by atoms with Crippen molar-refractivity contribution in [2.24, 2.45) is 0 Å². The van der Waals surface area contributed by atoms with Crippen LogP contribution in [0.3, 0.4) is 0 Å². The van der Waals surface area contributed by atoms with E-state index in [1.165, 1.54) is 0 Å². The number of nitrogens with one attached hydrogen (secondary N) is 1. The van der Waals surface area contributed by atoms with Crippen molar-refractivity contribution < 1.29 is 30.3 Å². The molecule has 0 aromatic rings. The number of aliphatic hydroxyl groups excluding tert-OH is 4. The summed E-state index contributed by atoms with van der Waals surface area (Å²) in [7, 11) is 0. The molecule has 7 nitrogen and oxygen atoms in total. The van der Waals surface area contributed by atoms with Crippen molar-refractivity contribution in [1.29, 1.82) is 0 Å². The molecule has 1 fully saturated rings. The van der Waals surface area contributed by atoms with Gasteiger partial charge >= 0.3 is 5.97 Å². The summed E-state index contributed by atoms with van der Waals surface area (Å²) < 4.78 is 0. The second kappa shape index (κ2) is 4.20. The van der Waals surface area contributed by atoms with Crippen LogP contribution in [0.4, 0.5) is 0 Å². The Balaban J connectivity index is 2.78. The van der Waals surface area contributed by atoms with E-state index < -0.39 is 43.0 Å². The van der Waals surface area contributed by atoms with Gasteiger partial charge in [0.15, 0.2) is 0 Å². The zero-order valence-corrected chi connectivity index (χ0v) is 7.24. The molecular weight excluding hydrogens is 194 g/mol. The topological polar surface area (TPSA) is 130 Å². The van der Waals surface area contributed by atoms with Crippen LogP contribution in [0.2, 0.25) is 0 Å². The number of carboxylic acid groups (broad SMARTS) is 1. The fourth-order valence-corrected chi connectivity index (χ4v) is 1.44. The molecular formula is C7H13NO6. The third-order valence-corrected chi connectivity index (χ3v) is 2.31. The van der Waals surface area contributed by atoms with Gasteiger partial charge in [-0.2, -0.15) is 0 Å². The monoisotopic (exact) mass is 207 g/mol. The Hall–Kier alpha value is -0.730. The number of carbonyl (C=O) groups is 1. The van der Waals surface area contributed by atoms with Crippen LogP contribution in [-0.4, -0.2) is 68.5 Å². The lowest BCUT2D eigenvalue weighted by Crippen LogP contribution is -2.67. The summed E-state index contributed by atoms with van der Waals surface area (Å²) in [5.74, 6) is -1.35. The smallest absolute Gasteiger partial charge is 0.323 e. The zero-order valence-electron chi connectivity index (χ0n) is 7.24. The normalized spacial score (nSPS) is 43.6. The van der Waals surface area contributed by atoms with E-state index in [0.717, 1.165) is 0 Å². The molecule has 0 aromatic carbocycles. The fourth-order valence-electron chi connectivity index (χ4n) is 1.44. The van der Waals surface area contributed by atoms with E-state index in [4.69, 9.17) is 10.2 Å². The van der Waals surface area contributed by atoms with Gasteiger partial charge in [0.2, 0.25) is 0 Å². The minimum Gasteiger partial charge on any atom is -0.480 e. The summed E-state index contributed by atoms with van der Waals surface area (Å²) in [6.07, 6.45) is -4.55. The Morgan fingerprint density at radius 2 is 1.71 bits per heavy atom. The Morgan fingerprint density at radius 1 is 1.14 bits per heavy atom. The first-order chi connectivity index (χ1) is 6.49. The van der Waals surface area contributed by atoms with Gasteiger partial charge < -0.3 is 25.5 Å². The van der Waals surface area contributed by atoms with E-state index in [1.807, 2.05) is 0 Å². The van der Waals surface area contributed by atoms with Crippen molar-refractivity contribution in [1.82, 2.24) is 5.32 Å². The fraction of sp³-hybridized carbons (Fsp3) is 0.857. The minimum absolute atomic E-state index is 0.519. The summed E-state index contributed by atoms with van der Waals surface area (Å²) in [4.78, 5) is 10.6. The van der Waals surface area contributed by atoms with Gasteiger partial charge in [-0.25, -0.2) is 0 Å². The van der Waals surface area contributed by atoms with E-state index in [-0.39, 0.29) is 0 Å². The zero-order chi connectivity index (χ0) is 10.9. The van der Waals surface area contributed by atoms with Crippen LogP contribution in [0.25, 0.3) is 0 Å². The number of hydrogen-bond acceptors (Lipinski definition) is 6. The molecule has 0 aliphatic carbocycles. The molecule has 0 aromatic heterocycles. The maximum Gasteiger partial charge on any atom is 0.323 e. The second-order valence-corrected chi connectivity index (χ2v) is 3.24. The average molecular weight is 207 g/mol. The van der Waals surface area contributed by atoms with Crippen LogP contribution in [0.15, 0.2) is 0 Å². The molecule has 1 aliphatic heterocycles. The van der Waals surface area contributed by atoms with E-state index >= 15 is 0 Å². The largest absolute Gasteiger partial charge is 0.480 e. The molecule has 0 radical (unpaired) electrons. The van der Waals surface area contributed by atoms with E-state index in [2.05, 4.69) is 5.32 Å². The number of aliphatic hydroxyl groups is 4. The molecule has 0 bridgehead atoms. The highest BCUT2D eigenvalue weighted by molar-refractivity contribution is 5.74. The third kappa shape index (κ3) is 1.86. The lowest BCUT2D eigenvalue weighted by Gasteiger charge is -2.38. The molecule has 82 valence electrons. The van der Waals surface area contributed by atoms with Gasteiger partial charge in [0.1, 0.15) is 24.4 Å². The van der Waals surface area contributed by atoms with Gasteiger partial charge in [0.25, 0.3) is 0 Å². The molecule has 1 rings (SSSR count). The second-order valence-electron chi connectivity index (χ2n) is 3.24. The molecule has 1 saturated heterocycles. The first-order valence-electron chi connectivity index (χ1n) is 4.13. The van der Waals surface area contributed by atoms with E-state index in [0.29, 0.717) is 0 Å². The van der Waals surface area contributed by atoms with Gasteiger partial charge in [0.05, 0.1) is 12.6 Å². The van der Waals surface area contributed by atoms with Crippen LogP contribution in [0, 0.1) is 0 Å². The van der Waals surface area contributed by atoms with Crippen molar-refractivity contribution in [3.63, 3.8) is 0 Å². The quantitative estimate of drug-likeness (QED) is 0.277. The standard InChI is InChI=1S/C7H13NO6/c9-1-2-4(10)6(12)5(11)3(8-2)7(13)14/h2-6,8-12H,1H2,(H,13,14)/t2-,3+,4?,5-,6+/m1/s1. The summed E-state index contributed by atoms with van der Waals surface area (Å²) >= 11 is 0. The van der Waals surface area contributed by atoms with Crippen molar-refractivity contribution >= 4 is 5.97 Å². The molecule has 0 amide bonds. The molecule has 0 saturated carbocycles. The molecule has 1 heterocycles. The van der Waals surface area contributed by atoms with Gasteiger partial charge in [-0.1, -0.05) is 0 Å². The Morgan fingerprint density at radius 3 is 2.14 bits per heavy atom. The summed E-state index contributed by atoms with van der Waals surface area (Å²) in [6, 6.07) is -2.33. The highest BCUT2D eigenvalue weighted by Gasteiger charge is 2.44. The van der Waals surface area contributed by atoms with Crippen LogP contribution < -0.4 is 5.32 Å². The van der Waals surface area contributed by atoms with Crippen molar-refractivity contribution in [2.75, 3.05) is 6.61 Å². The first kappa shape index (κ1) is 11.3. The van der Waals surface area contributed by atoms with Crippen molar-refractivity contribution in [3.05, 3.63) is 0 Å². The molecule has 1 aliphatic rings. The van der Waals surface area contributed by atoms with Crippen molar-refractivity contribution in [3.8, 4) is 0 Å². The van der Waals surface area contributed by atoms with Gasteiger partial charge in [-0.15, -0.1) is 0 Å². The summed E-state index contributed by atoms with van der Waals surface area (Å²) in [5, 5.41) is 47.5. The lowest BCUT2D eigenvalue weighted by atomic mass is 9.90. The van der Waals surface area contributed by atoms with Gasteiger partial charge in [0, 0.05) is 0 Å². The van der Waals surface area contributed by atoms with Crippen LogP contribution in [-0.2, 0) is 4.79 Å². The molecule has 14 heavy (non-hydrogen) atoms. The van der Waals surface area contributed by atoms with Gasteiger partial charge in [-0.05, 0) is 0 Å². The lowest BCUT2D eigenvalue weighted by molar-refractivity contribution is -0.158. The van der Waals surface area contributed by atoms with Crippen LogP contribution in [0.1, 0.15) is 0 Å². The average Bonchev–Trinajstić information content (AvgIpc) is 2.14. The van der Waals surface area contributed by atoms with E-state index in [1.54, 1.807) is 0 Å². The van der Waals surface area contributed by atoms with Crippen LogP contribution >= 0.6 is 0 Å². The number of piperidine rings is 1. The number of hydrogen-bond donors (Lipinski definition) is 6. The molecule has 0 spiro atoms. The third-order valence-electron chi connectivity index (χ3n) is 2.31. The SMILES string of the molecule is O=C(O)[C@H]1N[C@H](CO)C(O)[C@H](O)[C@@H]1O. The molecule has 6 N–H and O–H groups in total. The van der Waals surface area contributed by atoms with Crippen LogP contribution in [0.5, 0.6) is 0 Å².